The average molecular weight is 422 g/mol. The van der Waals surface area contributed by atoms with Gasteiger partial charge in [-0.3, -0.25) is 0 Å². The Morgan fingerprint density at radius 2 is 2.09 bits per heavy atom. The summed E-state index contributed by atoms with van der Waals surface area (Å²) in [6.07, 6.45) is 1.23. The van der Waals surface area contributed by atoms with Gasteiger partial charge >= 0.3 is 6.09 Å². The van der Waals surface area contributed by atoms with Crippen molar-refractivity contribution in [2.45, 2.75) is 19.6 Å². The molecule has 0 bridgehead atoms. The highest BCUT2D eigenvalue weighted by atomic mass is 127. The number of imidazole rings is 1. The Hall–Kier alpha value is -2.16. The van der Waals surface area contributed by atoms with Crippen molar-refractivity contribution in [3.8, 4) is 0 Å². The number of carbonyl (C=O) groups excluding carboxylic acids is 1. The zero-order valence-electron chi connectivity index (χ0n) is 12.4. The van der Waals surface area contributed by atoms with Crippen molar-refractivity contribution < 1.29 is 9.53 Å². The number of amides is 1. The number of nitrogens with zero attached hydrogens (tertiary/aromatic N) is 3. The molecule has 0 aliphatic rings. The second-order valence-corrected chi connectivity index (χ2v) is 6.03. The molecule has 3 aromatic rings. The summed E-state index contributed by atoms with van der Waals surface area (Å²) in [6.45, 7) is 2.11. The number of carbonyl (C=O) groups is 1. The lowest BCUT2D eigenvalue weighted by Gasteiger charge is -2.12. The Morgan fingerprint density at radius 3 is 2.83 bits per heavy atom. The zero-order chi connectivity index (χ0) is 16.2. The van der Waals surface area contributed by atoms with Crippen LogP contribution in [-0.4, -0.2) is 20.7 Å². The van der Waals surface area contributed by atoms with Gasteiger partial charge in [0.2, 0.25) is 0 Å². The summed E-state index contributed by atoms with van der Waals surface area (Å²) >= 11 is 2.17. The second kappa shape index (κ2) is 6.95. The summed E-state index contributed by atoms with van der Waals surface area (Å²) in [6, 6.07) is 13.0. The van der Waals surface area contributed by atoms with E-state index in [1.807, 2.05) is 49.4 Å². The molecule has 0 saturated heterocycles. The molecule has 1 unspecified atom stereocenters. The lowest BCUT2D eigenvalue weighted by atomic mass is 10.2. The molecular weight excluding hydrogens is 407 g/mol. The highest BCUT2D eigenvalue weighted by Gasteiger charge is 2.19. The lowest BCUT2D eigenvalue weighted by molar-refractivity contribution is 0.136. The Morgan fingerprint density at radius 1 is 1.30 bits per heavy atom. The molecule has 0 saturated carbocycles. The van der Waals surface area contributed by atoms with Gasteiger partial charge in [-0.05, 0) is 47.2 Å². The molecule has 6 nitrogen and oxygen atoms in total. The first-order chi connectivity index (χ1) is 11.1. The molecule has 0 aliphatic carbocycles. The van der Waals surface area contributed by atoms with Crippen LogP contribution in [0.4, 0.5) is 4.79 Å². The van der Waals surface area contributed by atoms with Crippen molar-refractivity contribution in [2.75, 3.05) is 0 Å². The van der Waals surface area contributed by atoms with Crippen LogP contribution in [0.5, 0.6) is 0 Å². The van der Waals surface area contributed by atoms with Crippen LogP contribution in [0.1, 0.15) is 24.2 Å². The van der Waals surface area contributed by atoms with Crippen LogP contribution in [0.3, 0.4) is 0 Å². The van der Waals surface area contributed by atoms with E-state index in [9.17, 15) is 4.79 Å². The minimum Gasteiger partial charge on any atom is -0.445 e. The van der Waals surface area contributed by atoms with E-state index in [-0.39, 0.29) is 12.6 Å². The number of hydrogen-bond acceptors (Lipinski definition) is 4. The van der Waals surface area contributed by atoms with Crippen molar-refractivity contribution >= 4 is 34.3 Å². The number of halogens is 1. The monoisotopic (exact) mass is 422 g/mol. The van der Waals surface area contributed by atoms with Gasteiger partial charge in [-0.15, -0.1) is 0 Å². The van der Waals surface area contributed by atoms with E-state index in [2.05, 4.69) is 38.0 Å². The number of rotatable bonds is 4. The Balaban J connectivity index is 1.64. The van der Waals surface area contributed by atoms with Gasteiger partial charge in [-0.1, -0.05) is 30.3 Å². The molecule has 1 aromatic carbocycles. The minimum atomic E-state index is -0.470. The molecule has 0 radical (unpaired) electrons. The van der Waals surface area contributed by atoms with Gasteiger partial charge in [0.1, 0.15) is 10.3 Å². The fraction of sp³-hybridized carbons (Fsp3) is 0.188. The molecule has 1 atom stereocenters. The fourth-order valence-corrected chi connectivity index (χ4v) is 3.12. The van der Waals surface area contributed by atoms with Crippen LogP contribution in [0.15, 0.2) is 48.7 Å². The van der Waals surface area contributed by atoms with Crippen molar-refractivity contribution in [2.24, 2.45) is 0 Å². The van der Waals surface area contributed by atoms with Crippen LogP contribution >= 0.6 is 22.6 Å². The third-order valence-electron chi connectivity index (χ3n) is 3.32. The number of benzene rings is 1. The van der Waals surface area contributed by atoms with Crippen molar-refractivity contribution in [3.05, 3.63) is 63.6 Å². The first kappa shape index (κ1) is 15.7. The number of hydrogen-bond donors (Lipinski definition) is 1. The molecule has 1 amide bonds. The fourth-order valence-electron chi connectivity index (χ4n) is 2.16. The van der Waals surface area contributed by atoms with E-state index in [1.165, 1.54) is 0 Å². The van der Waals surface area contributed by atoms with Crippen LogP contribution in [0.2, 0.25) is 0 Å². The van der Waals surface area contributed by atoms with E-state index < -0.39 is 6.09 Å². The Kier molecular flexibility index (Phi) is 4.75. The van der Waals surface area contributed by atoms with Gasteiger partial charge in [-0.2, -0.15) is 5.10 Å². The van der Waals surface area contributed by atoms with Crippen LogP contribution < -0.4 is 5.32 Å². The normalized spacial score (nSPS) is 12.1. The third-order valence-corrected chi connectivity index (χ3v) is 4.33. The summed E-state index contributed by atoms with van der Waals surface area (Å²) in [7, 11) is 0. The van der Waals surface area contributed by atoms with Crippen LogP contribution in [0.25, 0.3) is 5.65 Å². The number of alkyl carbamates (subject to hydrolysis) is 1. The maximum atomic E-state index is 11.9. The molecule has 7 heteroatoms. The summed E-state index contributed by atoms with van der Waals surface area (Å²) in [5.74, 6) is 0. The molecule has 118 valence electrons. The van der Waals surface area contributed by atoms with E-state index in [1.54, 1.807) is 10.7 Å². The first-order valence-corrected chi connectivity index (χ1v) is 8.19. The van der Waals surface area contributed by atoms with Gasteiger partial charge < -0.3 is 10.1 Å². The molecule has 0 aliphatic heterocycles. The van der Waals surface area contributed by atoms with Crippen LogP contribution in [-0.2, 0) is 11.3 Å². The number of nitrogens with one attached hydrogen (secondary N) is 1. The SMILES string of the molecule is CC(NC(=O)OCc1ccccc1)c1nc2cccnn2c1I. The van der Waals surface area contributed by atoms with Crippen molar-refractivity contribution in [1.29, 1.82) is 0 Å². The molecule has 23 heavy (non-hydrogen) atoms. The molecular formula is C16H15IN4O2. The van der Waals surface area contributed by atoms with Gasteiger partial charge in [0, 0.05) is 6.20 Å². The minimum absolute atomic E-state index is 0.239. The Bertz CT molecular complexity index is 819. The molecule has 3 rings (SSSR count). The number of fused-ring (bicyclic) bond motifs is 1. The van der Waals surface area contributed by atoms with Crippen molar-refractivity contribution in [3.63, 3.8) is 0 Å². The van der Waals surface area contributed by atoms with Gasteiger partial charge in [-0.25, -0.2) is 14.3 Å². The molecule has 0 spiro atoms. The standard InChI is InChI=1S/C16H15IN4O2/c1-11(14-15(17)21-13(20-14)8-5-9-18-21)19-16(22)23-10-12-6-3-2-4-7-12/h2-9,11H,10H2,1H3,(H,19,22). The summed E-state index contributed by atoms with van der Waals surface area (Å²) in [5.41, 5.74) is 2.46. The highest BCUT2D eigenvalue weighted by molar-refractivity contribution is 14.1. The topological polar surface area (TPSA) is 68.5 Å². The predicted octanol–water partition coefficient (Wildman–Crippen LogP) is 3.32. The smallest absolute Gasteiger partial charge is 0.407 e. The Labute approximate surface area is 147 Å². The summed E-state index contributed by atoms with van der Waals surface area (Å²) in [4.78, 5) is 16.4. The van der Waals surface area contributed by atoms with E-state index in [4.69, 9.17) is 4.74 Å². The average Bonchev–Trinajstić information content (AvgIpc) is 2.91. The largest absolute Gasteiger partial charge is 0.445 e. The molecule has 1 N–H and O–H groups in total. The molecule has 2 aromatic heterocycles. The van der Waals surface area contributed by atoms with E-state index >= 15 is 0 Å². The summed E-state index contributed by atoms with van der Waals surface area (Å²) < 4.78 is 7.84. The van der Waals surface area contributed by atoms with E-state index in [0.29, 0.717) is 0 Å². The maximum absolute atomic E-state index is 11.9. The maximum Gasteiger partial charge on any atom is 0.407 e. The number of ether oxygens (including phenoxy) is 1. The van der Waals surface area contributed by atoms with Gasteiger partial charge in [0.25, 0.3) is 0 Å². The third kappa shape index (κ3) is 3.61. The molecule has 2 heterocycles. The summed E-state index contributed by atoms with van der Waals surface area (Å²) in [5, 5.41) is 7.04. The van der Waals surface area contributed by atoms with E-state index in [0.717, 1.165) is 20.6 Å². The number of aromatic nitrogens is 3. The van der Waals surface area contributed by atoms with Crippen molar-refractivity contribution in [1.82, 2.24) is 19.9 Å². The van der Waals surface area contributed by atoms with Gasteiger partial charge in [0.05, 0.1) is 11.7 Å². The van der Waals surface area contributed by atoms with Crippen LogP contribution in [0, 0.1) is 3.70 Å². The lowest BCUT2D eigenvalue weighted by Crippen LogP contribution is -2.28. The predicted molar refractivity (Wildman–Crippen MR) is 93.9 cm³/mol. The quantitative estimate of drug-likeness (QED) is 0.656. The highest BCUT2D eigenvalue weighted by Crippen LogP contribution is 2.20. The zero-order valence-corrected chi connectivity index (χ0v) is 14.6. The second-order valence-electron chi connectivity index (χ2n) is 5.01. The van der Waals surface area contributed by atoms with Gasteiger partial charge in [0.15, 0.2) is 5.65 Å². The molecule has 0 fully saturated rings. The first-order valence-electron chi connectivity index (χ1n) is 7.11.